The molecule has 0 atom stereocenters. The number of ether oxygens (including phenoxy) is 2. The minimum Gasteiger partial charge on any atom is -0.553 e. The normalized spacial score (nSPS) is 13.3. The summed E-state index contributed by atoms with van der Waals surface area (Å²) in [5.74, 6) is 1.46. The van der Waals surface area contributed by atoms with E-state index in [0.717, 1.165) is 11.4 Å². The van der Waals surface area contributed by atoms with Crippen molar-refractivity contribution in [3.8, 4) is 11.5 Å². The van der Waals surface area contributed by atoms with E-state index in [2.05, 4.69) is 12.8 Å². The van der Waals surface area contributed by atoms with Crippen LogP contribution in [0.5, 0.6) is 11.5 Å². The number of aromatic nitrogens is 1. The van der Waals surface area contributed by atoms with Gasteiger partial charge >= 0.3 is 0 Å². The quantitative estimate of drug-likeness (QED) is 0.703. The minimum absolute atomic E-state index is 0. The van der Waals surface area contributed by atoms with Gasteiger partial charge in [0.15, 0.2) is 0 Å². The van der Waals surface area contributed by atoms with Gasteiger partial charge in [0.05, 0.1) is 5.75 Å². The first-order valence-corrected chi connectivity index (χ1v) is 3.83. The Morgan fingerprint density at radius 3 is 2.85 bits per heavy atom. The van der Waals surface area contributed by atoms with Crippen LogP contribution in [0.3, 0.4) is 0 Å². The molecule has 0 saturated carbocycles. The van der Waals surface area contributed by atoms with Gasteiger partial charge in [-0.1, -0.05) is 11.9 Å². The van der Waals surface area contributed by atoms with Crippen molar-refractivity contribution >= 4 is 6.08 Å². The van der Waals surface area contributed by atoms with E-state index in [0.29, 0.717) is 19.0 Å². The molecule has 1 radical (unpaired) electrons. The number of hydrogen-bond acceptors (Lipinski definition) is 2. The Balaban J connectivity index is 0.000000845. The molecule has 2 heterocycles. The summed E-state index contributed by atoms with van der Waals surface area (Å²) >= 11 is 0. The fourth-order valence-electron chi connectivity index (χ4n) is 1.29. The van der Waals surface area contributed by atoms with Crippen molar-refractivity contribution in [2.45, 2.75) is 0 Å². The van der Waals surface area contributed by atoms with Crippen LogP contribution in [0.4, 0.5) is 0 Å². The van der Waals surface area contributed by atoms with Gasteiger partial charge in [0, 0.05) is 38.5 Å². The van der Waals surface area contributed by atoms with Crippen LogP contribution in [0.15, 0.2) is 6.58 Å². The maximum atomic E-state index is 5.42. The van der Waals surface area contributed by atoms with Crippen LogP contribution in [-0.2, 0) is 39.8 Å². The molecule has 4 heteroatoms. The first kappa shape index (κ1) is 10.8. The van der Waals surface area contributed by atoms with Crippen LogP contribution in [0.2, 0.25) is 0 Å². The largest absolute Gasteiger partial charge is 0.553 e. The first-order valence-electron chi connectivity index (χ1n) is 3.83. The standard InChI is InChI=1S/C9H10NO2.Y/c1-3-7-9-8(6-10(7)2)11-4-5-12-9;/h3H,1,4-5H2,2H3;/q-1;. The zero-order valence-corrected chi connectivity index (χ0v) is 10.4. The Morgan fingerprint density at radius 2 is 2.15 bits per heavy atom. The molecule has 0 aromatic carbocycles. The van der Waals surface area contributed by atoms with Gasteiger partial charge in [-0.15, -0.1) is 12.7 Å². The van der Waals surface area contributed by atoms with E-state index in [9.17, 15) is 0 Å². The van der Waals surface area contributed by atoms with Gasteiger partial charge in [-0.25, -0.2) is 0 Å². The zero-order chi connectivity index (χ0) is 8.55. The van der Waals surface area contributed by atoms with Gasteiger partial charge < -0.3 is 14.0 Å². The number of aryl methyl sites for hydroxylation is 1. The molecule has 0 N–H and O–H groups in total. The van der Waals surface area contributed by atoms with Gasteiger partial charge in [-0.05, 0) is 7.05 Å². The number of hydrogen-bond donors (Lipinski definition) is 0. The Bertz CT molecular complexity index is 320. The Morgan fingerprint density at radius 1 is 1.46 bits per heavy atom. The van der Waals surface area contributed by atoms with E-state index >= 15 is 0 Å². The molecule has 1 aliphatic heterocycles. The second-order valence-electron chi connectivity index (χ2n) is 2.62. The predicted octanol–water partition coefficient (Wildman–Crippen LogP) is 1.24. The van der Waals surface area contributed by atoms with Crippen molar-refractivity contribution in [1.82, 2.24) is 4.57 Å². The molecule has 0 unspecified atom stereocenters. The van der Waals surface area contributed by atoms with Gasteiger partial charge in [0.1, 0.15) is 13.2 Å². The van der Waals surface area contributed by atoms with Crippen LogP contribution >= 0.6 is 0 Å². The van der Waals surface area contributed by atoms with Crippen LogP contribution in [0, 0.1) is 6.20 Å². The molecule has 0 spiro atoms. The van der Waals surface area contributed by atoms with E-state index in [1.807, 2.05) is 11.6 Å². The van der Waals surface area contributed by atoms with E-state index in [1.54, 1.807) is 6.08 Å². The van der Waals surface area contributed by atoms with Gasteiger partial charge in [-0.2, -0.15) is 0 Å². The van der Waals surface area contributed by atoms with E-state index in [4.69, 9.17) is 9.47 Å². The second kappa shape index (κ2) is 4.29. The molecule has 67 valence electrons. The maximum Gasteiger partial charge on any atom is 0.118 e. The Hall–Kier alpha value is -0.276. The third kappa shape index (κ3) is 1.81. The predicted molar refractivity (Wildman–Crippen MR) is 45.3 cm³/mol. The van der Waals surface area contributed by atoms with Crippen molar-refractivity contribution in [3.05, 3.63) is 18.5 Å². The molecule has 1 aromatic rings. The van der Waals surface area contributed by atoms with E-state index in [1.165, 1.54) is 0 Å². The molecule has 1 aliphatic rings. The van der Waals surface area contributed by atoms with Crippen LogP contribution in [-0.4, -0.2) is 17.8 Å². The molecular formula is C9H10NO2Y-. The molecule has 2 rings (SSSR count). The molecule has 13 heavy (non-hydrogen) atoms. The molecule has 3 nitrogen and oxygen atoms in total. The molecule has 0 fully saturated rings. The van der Waals surface area contributed by atoms with Crippen molar-refractivity contribution in [2.24, 2.45) is 7.05 Å². The third-order valence-electron chi connectivity index (χ3n) is 1.84. The summed E-state index contributed by atoms with van der Waals surface area (Å²) in [7, 11) is 1.89. The third-order valence-corrected chi connectivity index (χ3v) is 1.84. The van der Waals surface area contributed by atoms with Crippen LogP contribution < -0.4 is 9.47 Å². The summed E-state index contributed by atoms with van der Waals surface area (Å²) in [5.41, 5.74) is 0.921. The van der Waals surface area contributed by atoms with Gasteiger partial charge in [0.25, 0.3) is 0 Å². The molecule has 0 saturated heterocycles. The van der Waals surface area contributed by atoms with Crippen molar-refractivity contribution < 1.29 is 42.2 Å². The van der Waals surface area contributed by atoms with E-state index < -0.39 is 0 Å². The first-order chi connectivity index (χ1) is 5.83. The Kier molecular flexibility index (Phi) is 3.57. The summed E-state index contributed by atoms with van der Waals surface area (Å²) in [6.07, 6.45) is 4.75. The topological polar surface area (TPSA) is 23.4 Å². The van der Waals surface area contributed by atoms with Crippen LogP contribution in [0.1, 0.15) is 5.69 Å². The summed E-state index contributed by atoms with van der Waals surface area (Å²) in [5, 5.41) is 0. The minimum atomic E-state index is 0. The molecule has 0 amide bonds. The van der Waals surface area contributed by atoms with Crippen LogP contribution in [0.25, 0.3) is 6.08 Å². The second-order valence-corrected chi connectivity index (χ2v) is 2.62. The Labute approximate surface area is 103 Å². The van der Waals surface area contributed by atoms with Gasteiger partial charge in [-0.3, -0.25) is 0 Å². The average molecular weight is 253 g/mol. The average Bonchev–Trinajstić information content (AvgIpc) is 2.40. The number of nitrogens with zero attached hydrogens (tertiary/aromatic N) is 1. The van der Waals surface area contributed by atoms with E-state index in [-0.39, 0.29) is 32.7 Å². The molecular weight excluding hydrogens is 243 g/mol. The SMILES string of the molecule is C=Cc1c2c([c-]n1C)OCCO2.[Y]. The fourth-order valence-corrected chi connectivity index (χ4v) is 1.29. The molecule has 0 aliphatic carbocycles. The van der Waals surface area contributed by atoms with Crippen molar-refractivity contribution in [1.29, 1.82) is 0 Å². The summed E-state index contributed by atoms with van der Waals surface area (Å²) in [4.78, 5) is 0. The van der Waals surface area contributed by atoms with Crippen molar-refractivity contribution in [2.75, 3.05) is 13.2 Å². The zero-order valence-electron chi connectivity index (χ0n) is 7.54. The smallest absolute Gasteiger partial charge is 0.118 e. The number of fused-ring (bicyclic) bond motifs is 1. The summed E-state index contributed by atoms with van der Waals surface area (Å²) in [6.45, 7) is 4.90. The summed E-state index contributed by atoms with van der Waals surface area (Å²) < 4.78 is 12.6. The monoisotopic (exact) mass is 253 g/mol. The van der Waals surface area contributed by atoms with Crippen molar-refractivity contribution in [3.63, 3.8) is 0 Å². The molecule has 0 bridgehead atoms. The number of rotatable bonds is 1. The summed E-state index contributed by atoms with van der Waals surface area (Å²) in [6, 6.07) is 0. The van der Waals surface area contributed by atoms with Gasteiger partial charge in [0.2, 0.25) is 0 Å². The molecule has 1 aromatic heterocycles. The maximum absolute atomic E-state index is 5.42. The fraction of sp³-hybridized carbons (Fsp3) is 0.333.